The van der Waals surface area contributed by atoms with Gasteiger partial charge in [0.05, 0.1) is 5.70 Å². The normalized spacial score (nSPS) is 7.75. The fourth-order valence-electron chi connectivity index (χ4n) is 0.314. The zero-order chi connectivity index (χ0) is 6.57. The van der Waals surface area contributed by atoms with E-state index in [0.717, 1.165) is 5.71 Å². The lowest BCUT2D eigenvalue weighted by Gasteiger charge is -1.85. The number of carbonyl (C=O) groups excluding carboxylic acids is 1. The van der Waals surface area contributed by atoms with Crippen molar-refractivity contribution in [2.24, 2.45) is 4.99 Å². The maximum absolute atomic E-state index is 9.83. The Bertz CT molecular complexity index is 131. The van der Waals surface area contributed by atoms with Crippen LogP contribution >= 0.6 is 0 Å². The first-order valence-corrected chi connectivity index (χ1v) is 2.33. The zero-order valence-corrected chi connectivity index (χ0v) is 5.14. The molecule has 0 fully saturated rings. The van der Waals surface area contributed by atoms with Crippen molar-refractivity contribution in [1.82, 2.24) is 0 Å². The Morgan fingerprint density at radius 1 is 1.62 bits per heavy atom. The van der Waals surface area contributed by atoms with Gasteiger partial charge in [-0.05, 0) is 13.8 Å². The lowest BCUT2D eigenvalue weighted by atomic mass is 10.5. The Morgan fingerprint density at radius 3 is 2.25 bits per heavy atom. The van der Waals surface area contributed by atoms with Gasteiger partial charge in [0.1, 0.15) is 0 Å². The molecule has 0 aromatic carbocycles. The molecule has 8 heavy (non-hydrogen) atoms. The van der Waals surface area contributed by atoms with E-state index in [1.165, 1.54) is 0 Å². The molecule has 0 unspecified atom stereocenters. The molecular formula is C6H9NO. The molecule has 0 aliphatic carbocycles. The summed E-state index contributed by atoms with van der Waals surface area (Å²) >= 11 is 0. The van der Waals surface area contributed by atoms with Crippen LogP contribution < -0.4 is 0 Å². The Balaban J connectivity index is 3.89. The van der Waals surface area contributed by atoms with Crippen LogP contribution in [0.3, 0.4) is 0 Å². The van der Waals surface area contributed by atoms with Gasteiger partial charge in [0.15, 0.2) is 6.29 Å². The largest absolute Gasteiger partial charge is 0.296 e. The third-order valence-electron chi connectivity index (χ3n) is 0.503. The van der Waals surface area contributed by atoms with Gasteiger partial charge in [-0.15, -0.1) is 0 Å². The van der Waals surface area contributed by atoms with Crippen LogP contribution in [0.1, 0.15) is 13.8 Å². The third kappa shape index (κ3) is 3.28. The molecule has 0 bridgehead atoms. The van der Waals surface area contributed by atoms with Crippen molar-refractivity contribution in [3.8, 4) is 0 Å². The van der Waals surface area contributed by atoms with Crippen LogP contribution in [0.25, 0.3) is 0 Å². The topological polar surface area (TPSA) is 29.4 Å². The Labute approximate surface area is 48.9 Å². The summed E-state index contributed by atoms with van der Waals surface area (Å²) in [6, 6.07) is 0. The maximum Gasteiger partial charge on any atom is 0.167 e. The van der Waals surface area contributed by atoms with Crippen molar-refractivity contribution in [3.05, 3.63) is 12.3 Å². The second-order valence-corrected chi connectivity index (χ2v) is 1.67. The molecule has 0 saturated heterocycles. The number of carbonyl (C=O) groups is 1. The predicted molar refractivity (Wildman–Crippen MR) is 34.0 cm³/mol. The van der Waals surface area contributed by atoms with E-state index in [9.17, 15) is 4.79 Å². The van der Waals surface area contributed by atoms with Gasteiger partial charge in [-0.2, -0.15) is 0 Å². The van der Waals surface area contributed by atoms with E-state index in [1.807, 2.05) is 13.8 Å². The van der Waals surface area contributed by atoms with Gasteiger partial charge in [-0.25, -0.2) is 0 Å². The summed E-state index contributed by atoms with van der Waals surface area (Å²) in [7, 11) is 0. The van der Waals surface area contributed by atoms with Crippen molar-refractivity contribution < 1.29 is 4.79 Å². The minimum atomic E-state index is 0.282. The van der Waals surface area contributed by atoms with E-state index < -0.39 is 0 Å². The third-order valence-corrected chi connectivity index (χ3v) is 0.503. The van der Waals surface area contributed by atoms with Crippen LogP contribution in [0.15, 0.2) is 17.3 Å². The molecule has 0 amide bonds. The highest BCUT2D eigenvalue weighted by Crippen LogP contribution is 1.86. The Kier molecular flexibility index (Phi) is 2.77. The van der Waals surface area contributed by atoms with Crippen molar-refractivity contribution in [3.63, 3.8) is 0 Å². The highest BCUT2D eigenvalue weighted by atomic mass is 16.1. The maximum atomic E-state index is 9.83. The fourth-order valence-corrected chi connectivity index (χ4v) is 0.314. The van der Waals surface area contributed by atoms with Gasteiger partial charge >= 0.3 is 0 Å². The Morgan fingerprint density at radius 2 is 2.12 bits per heavy atom. The van der Waals surface area contributed by atoms with E-state index in [0.29, 0.717) is 6.29 Å². The van der Waals surface area contributed by atoms with Gasteiger partial charge in [-0.3, -0.25) is 9.79 Å². The molecule has 2 nitrogen and oxygen atoms in total. The van der Waals surface area contributed by atoms with Gasteiger partial charge in [0.25, 0.3) is 0 Å². The molecule has 0 atom stereocenters. The minimum Gasteiger partial charge on any atom is -0.296 e. The number of rotatable bonds is 2. The fraction of sp³-hybridized carbons (Fsp3) is 0.333. The first kappa shape index (κ1) is 7.08. The van der Waals surface area contributed by atoms with E-state index in [2.05, 4.69) is 11.6 Å². The standard InChI is InChI=1S/C6H9NO/c1-5(2)7-6(3)4-8/h4H,3H2,1-2H3. The van der Waals surface area contributed by atoms with Gasteiger partial charge in [0, 0.05) is 5.71 Å². The second kappa shape index (κ2) is 3.13. The zero-order valence-electron chi connectivity index (χ0n) is 5.14. The smallest absolute Gasteiger partial charge is 0.167 e. The van der Waals surface area contributed by atoms with Crippen molar-refractivity contribution in [2.75, 3.05) is 0 Å². The summed E-state index contributed by atoms with van der Waals surface area (Å²) in [6.07, 6.45) is 0.632. The summed E-state index contributed by atoms with van der Waals surface area (Å²) in [4.78, 5) is 13.6. The molecule has 0 aliphatic rings. The number of allylic oxidation sites excluding steroid dienone is 1. The molecule has 0 spiro atoms. The first-order valence-electron chi connectivity index (χ1n) is 2.33. The number of hydrogen-bond acceptors (Lipinski definition) is 2. The molecule has 2 heteroatoms. The number of hydrogen-bond donors (Lipinski definition) is 0. The molecule has 0 heterocycles. The van der Waals surface area contributed by atoms with E-state index in [4.69, 9.17) is 0 Å². The van der Waals surface area contributed by atoms with Crippen LogP contribution in [0.4, 0.5) is 0 Å². The molecule has 0 radical (unpaired) electrons. The van der Waals surface area contributed by atoms with Crippen LogP contribution in [0.5, 0.6) is 0 Å². The van der Waals surface area contributed by atoms with Crippen LogP contribution in [-0.2, 0) is 4.79 Å². The quantitative estimate of drug-likeness (QED) is 0.299. The predicted octanol–water partition coefficient (Wildman–Crippen LogP) is 1.18. The molecule has 0 aromatic heterocycles. The number of aliphatic imine (C=N–C) groups is 1. The summed E-state index contributed by atoms with van der Waals surface area (Å²) in [5.74, 6) is 0. The van der Waals surface area contributed by atoms with Crippen LogP contribution in [0.2, 0.25) is 0 Å². The number of aldehydes is 1. The average molecular weight is 111 g/mol. The highest BCUT2D eigenvalue weighted by Gasteiger charge is 1.81. The molecule has 0 aliphatic heterocycles. The summed E-state index contributed by atoms with van der Waals surface area (Å²) in [6.45, 7) is 6.99. The molecule has 44 valence electrons. The number of nitrogens with zero attached hydrogens (tertiary/aromatic N) is 1. The summed E-state index contributed by atoms with van der Waals surface area (Å²) in [5.41, 5.74) is 1.13. The average Bonchev–Trinajstić information content (AvgIpc) is 1.65. The summed E-state index contributed by atoms with van der Waals surface area (Å²) < 4.78 is 0. The second-order valence-electron chi connectivity index (χ2n) is 1.67. The molecule has 0 rings (SSSR count). The molecule has 0 saturated carbocycles. The molecular weight excluding hydrogens is 102 g/mol. The van der Waals surface area contributed by atoms with Crippen molar-refractivity contribution in [2.45, 2.75) is 13.8 Å². The highest BCUT2D eigenvalue weighted by molar-refractivity contribution is 5.84. The van der Waals surface area contributed by atoms with Gasteiger partial charge < -0.3 is 0 Å². The SMILES string of the molecule is C=C(C=O)N=C(C)C. The van der Waals surface area contributed by atoms with Gasteiger partial charge in [0.2, 0.25) is 0 Å². The first-order chi connectivity index (χ1) is 3.66. The van der Waals surface area contributed by atoms with E-state index >= 15 is 0 Å². The minimum absolute atomic E-state index is 0.282. The lowest BCUT2D eigenvalue weighted by molar-refractivity contribution is -0.104. The van der Waals surface area contributed by atoms with Crippen LogP contribution in [0, 0.1) is 0 Å². The van der Waals surface area contributed by atoms with Gasteiger partial charge in [-0.1, -0.05) is 6.58 Å². The van der Waals surface area contributed by atoms with E-state index in [1.54, 1.807) is 0 Å². The van der Waals surface area contributed by atoms with Crippen molar-refractivity contribution >= 4 is 12.0 Å². The van der Waals surface area contributed by atoms with Crippen LogP contribution in [-0.4, -0.2) is 12.0 Å². The summed E-state index contributed by atoms with van der Waals surface area (Å²) in [5, 5.41) is 0. The van der Waals surface area contributed by atoms with Crippen molar-refractivity contribution in [1.29, 1.82) is 0 Å². The molecule has 0 aromatic rings. The monoisotopic (exact) mass is 111 g/mol. The lowest BCUT2D eigenvalue weighted by Crippen LogP contribution is -1.83. The Hall–Kier alpha value is -0.920. The molecule has 0 N–H and O–H groups in total. The van der Waals surface area contributed by atoms with E-state index in [-0.39, 0.29) is 5.70 Å².